The van der Waals surface area contributed by atoms with Crippen molar-refractivity contribution in [1.82, 2.24) is 9.55 Å². The molecule has 0 atom stereocenters. The van der Waals surface area contributed by atoms with Crippen LogP contribution in [0.25, 0.3) is 5.69 Å². The van der Waals surface area contributed by atoms with Crippen molar-refractivity contribution in [1.29, 1.82) is 0 Å². The summed E-state index contributed by atoms with van der Waals surface area (Å²) in [5, 5.41) is 3.00. The quantitative estimate of drug-likeness (QED) is 0.720. The molecule has 0 aliphatic carbocycles. The van der Waals surface area contributed by atoms with Crippen molar-refractivity contribution in [2.75, 3.05) is 16.8 Å². The molecule has 1 N–H and O–H groups in total. The highest BCUT2D eigenvalue weighted by molar-refractivity contribution is 6.05. The molecule has 5 nitrogen and oxygen atoms in total. The van der Waals surface area contributed by atoms with Crippen molar-refractivity contribution >= 4 is 17.3 Å². The number of para-hydroxylation sites is 2. The molecular formula is C21H24N4O. The predicted molar refractivity (Wildman–Crippen MR) is 106 cm³/mol. The molecule has 2 aromatic carbocycles. The number of hydrogen-bond acceptors (Lipinski definition) is 3. The molecule has 0 saturated heterocycles. The minimum Gasteiger partial charge on any atom is -0.369 e. The fraction of sp³-hybridized carbons (Fsp3) is 0.238. The molecule has 0 unspecified atom stereocenters. The summed E-state index contributed by atoms with van der Waals surface area (Å²) in [4.78, 5) is 19.0. The molecule has 0 radical (unpaired) electrons. The third kappa shape index (κ3) is 3.77. The number of nitrogens with one attached hydrogen (secondary N) is 1. The maximum atomic E-state index is 12.7. The van der Waals surface area contributed by atoms with Crippen LogP contribution in [-0.4, -0.2) is 28.0 Å². The van der Waals surface area contributed by atoms with Gasteiger partial charge in [-0.3, -0.25) is 4.79 Å². The number of carbonyl (C=O) groups is 1. The number of anilines is 2. The number of nitrogens with zero attached hydrogens (tertiary/aromatic N) is 3. The predicted octanol–water partition coefficient (Wildman–Crippen LogP) is 4.36. The number of imidazole rings is 1. The molecule has 0 fully saturated rings. The average molecular weight is 348 g/mol. The molecule has 0 aliphatic rings. The summed E-state index contributed by atoms with van der Waals surface area (Å²) >= 11 is 0. The van der Waals surface area contributed by atoms with Gasteiger partial charge in [0.1, 0.15) is 0 Å². The van der Waals surface area contributed by atoms with E-state index in [2.05, 4.69) is 36.0 Å². The second kappa shape index (κ2) is 7.87. The molecule has 3 rings (SSSR count). The van der Waals surface area contributed by atoms with Crippen LogP contribution in [0, 0.1) is 0 Å². The first kappa shape index (κ1) is 17.7. The van der Waals surface area contributed by atoms with Gasteiger partial charge in [-0.2, -0.15) is 0 Å². The van der Waals surface area contributed by atoms with E-state index in [0.29, 0.717) is 11.6 Å². The first-order valence-corrected chi connectivity index (χ1v) is 8.85. The van der Waals surface area contributed by atoms with E-state index in [9.17, 15) is 4.79 Å². The lowest BCUT2D eigenvalue weighted by molar-refractivity contribution is 0.102. The van der Waals surface area contributed by atoms with Gasteiger partial charge in [0.15, 0.2) is 0 Å². The van der Waals surface area contributed by atoms with E-state index in [-0.39, 0.29) is 5.91 Å². The Hall–Kier alpha value is -3.08. The van der Waals surface area contributed by atoms with Crippen LogP contribution in [0.15, 0.2) is 67.3 Å². The maximum Gasteiger partial charge on any atom is 0.255 e. The maximum absolute atomic E-state index is 12.7. The average Bonchev–Trinajstić information content (AvgIpc) is 3.17. The molecule has 3 aromatic rings. The summed E-state index contributed by atoms with van der Waals surface area (Å²) in [5.41, 5.74) is 3.38. The highest BCUT2D eigenvalue weighted by atomic mass is 16.1. The Bertz CT molecular complexity index is 854. The van der Waals surface area contributed by atoms with Crippen molar-refractivity contribution in [3.05, 3.63) is 72.8 Å². The minimum absolute atomic E-state index is 0.128. The van der Waals surface area contributed by atoms with Gasteiger partial charge in [-0.25, -0.2) is 4.98 Å². The van der Waals surface area contributed by atoms with Gasteiger partial charge in [0, 0.05) is 36.2 Å². The van der Waals surface area contributed by atoms with E-state index < -0.39 is 0 Å². The van der Waals surface area contributed by atoms with Gasteiger partial charge >= 0.3 is 0 Å². The fourth-order valence-corrected chi connectivity index (χ4v) is 3.05. The van der Waals surface area contributed by atoms with Gasteiger partial charge in [0.25, 0.3) is 5.91 Å². The SMILES string of the molecule is CCN(c1ccc(C(=O)Nc2ccccc2-n2ccnc2)cc1)C(C)C. The molecule has 0 bridgehead atoms. The van der Waals surface area contributed by atoms with Gasteiger partial charge in [-0.05, 0) is 57.2 Å². The van der Waals surface area contributed by atoms with Crippen LogP contribution in [0.5, 0.6) is 0 Å². The van der Waals surface area contributed by atoms with Crippen LogP contribution in [0.3, 0.4) is 0 Å². The first-order valence-electron chi connectivity index (χ1n) is 8.85. The van der Waals surface area contributed by atoms with Crippen molar-refractivity contribution in [3.8, 4) is 5.69 Å². The number of hydrogen-bond donors (Lipinski definition) is 1. The Morgan fingerprint density at radius 2 is 1.88 bits per heavy atom. The van der Waals surface area contributed by atoms with Crippen LogP contribution in [0.2, 0.25) is 0 Å². The van der Waals surface area contributed by atoms with E-state index in [0.717, 1.165) is 23.6 Å². The normalized spacial score (nSPS) is 10.8. The minimum atomic E-state index is -0.128. The van der Waals surface area contributed by atoms with Crippen LogP contribution < -0.4 is 10.2 Å². The fourth-order valence-electron chi connectivity index (χ4n) is 3.05. The van der Waals surface area contributed by atoms with Crippen molar-refractivity contribution in [2.45, 2.75) is 26.8 Å². The Balaban J connectivity index is 1.79. The zero-order chi connectivity index (χ0) is 18.5. The number of aromatic nitrogens is 2. The largest absolute Gasteiger partial charge is 0.369 e. The van der Waals surface area contributed by atoms with E-state index in [1.807, 2.05) is 59.3 Å². The zero-order valence-electron chi connectivity index (χ0n) is 15.4. The van der Waals surface area contributed by atoms with E-state index in [4.69, 9.17) is 0 Å². The van der Waals surface area contributed by atoms with Crippen molar-refractivity contribution in [2.24, 2.45) is 0 Å². The van der Waals surface area contributed by atoms with Crippen LogP contribution in [-0.2, 0) is 0 Å². The van der Waals surface area contributed by atoms with Gasteiger partial charge < -0.3 is 14.8 Å². The first-order chi connectivity index (χ1) is 12.6. The summed E-state index contributed by atoms with van der Waals surface area (Å²) in [7, 11) is 0. The Morgan fingerprint density at radius 3 is 2.50 bits per heavy atom. The lowest BCUT2D eigenvalue weighted by atomic mass is 10.1. The Kier molecular flexibility index (Phi) is 5.37. The van der Waals surface area contributed by atoms with Crippen molar-refractivity contribution in [3.63, 3.8) is 0 Å². The topological polar surface area (TPSA) is 50.2 Å². The van der Waals surface area contributed by atoms with E-state index >= 15 is 0 Å². The number of amides is 1. The van der Waals surface area contributed by atoms with Crippen molar-refractivity contribution < 1.29 is 4.79 Å². The molecule has 1 heterocycles. The van der Waals surface area contributed by atoms with Gasteiger partial charge in [0.2, 0.25) is 0 Å². The molecule has 0 spiro atoms. The molecule has 134 valence electrons. The molecule has 26 heavy (non-hydrogen) atoms. The summed E-state index contributed by atoms with van der Waals surface area (Å²) in [6, 6.07) is 15.8. The van der Waals surface area contributed by atoms with Crippen LogP contribution >= 0.6 is 0 Å². The molecule has 0 aliphatic heterocycles. The van der Waals surface area contributed by atoms with Crippen LogP contribution in [0.4, 0.5) is 11.4 Å². The monoisotopic (exact) mass is 348 g/mol. The van der Waals surface area contributed by atoms with E-state index in [1.54, 1.807) is 12.5 Å². The second-order valence-electron chi connectivity index (χ2n) is 6.37. The smallest absolute Gasteiger partial charge is 0.255 e. The summed E-state index contributed by atoms with van der Waals surface area (Å²) in [6.07, 6.45) is 5.28. The highest BCUT2D eigenvalue weighted by Gasteiger charge is 2.12. The van der Waals surface area contributed by atoms with Gasteiger partial charge in [-0.1, -0.05) is 12.1 Å². The lowest BCUT2D eigenvalue weighted by Gasteiger charge is -2.27. The third-order valence-corrected chi connectivity index (χ3v) is 4.36. The number of benzene rings is 2. The van der Waals surface area contributed by atoms with E-state index in [1.165, 1.54) is 0 Å². The summed E-state index contributed by atoms with van der Waals surface area (Å²) < 4.78 is 1.88. The van der Waals surface area contributed by atoms with Gasteiger partial charge in [-0.15, -0.1) is 0 Å². The standard InChI is InChI=1S/C21H24N4O/c1-4-25(16(2)3)18-11-9-17(10-12-18)21(26)23-19-7-5-6-8-20(19)24-14-13-22-15-24/h5-16H,4H2,1-3H3,(H,23,26). The molecule has 1 amide bonds. The molecule has 0 saturated carbocycles. The molecule has 5 heteroatoms. The zero-order valence-corrected chi connectivity index (χ0v) is 15.4. The molecule has 1 aromatic heterocycles. The Labute approximate surface area is 154 Å². The highest BCUT2D eigenvalue weighted by Crippen LogP contribution is 2.22. The van der Waals surface area contributed by atoms with Crippen LogP contribution in [0.1, 0.15) is 31.1 Å². The molecular weight excluding hydrogens is 324 g/mol. The van der Waals surface area contributed by atoms with Gasteiger partial charge in [0.05, 0.1) is 17.7 Å². The Morgan fingerprint density at radius 1 is 1.15 bits per heavy atom. The summed E-state index contributed by atoms with van der Waals surface area (Å²) in [5.74, 6) is -0.128. The lowest BCUT2D eigenvalue weighted by Crippen LogP contribution is -2.30. The number of rotatable bonds is 6. The third-order valence-electron chi connectivity index (χ3n) is 4.36. The summed E-state index contributed by atoms with van der Waals surface area (Å²) in [6.45, 7) is 7.39. The number of carbonyl (C=O) groups excluding carboxylic acids is 1. The second-order valence-corrected chi connectivity index (χ2v) is 6.37.